The van der Waals surface area contributed by atoms with E-state index in [1.807, 2.05) is 44.3 Å². The van der Waals surface area contributed by atoms with Gasteiger partial charge in [0, 0.05) is 18.3 Å². The summed E-state index contributed by atoms with van der Waals surface area (Å²) in [6.07, 6.45) is 1.61. The summed E-state index contributed by atoms with van der Waals surface area (Å²) in [4.78, 5) is 29.6. The van der Waals surface area contributed by atoms with Crippen molar-refractivity contribution in [3.8, 4) is 11.4 Å². The summed E-state index contributed by atoms with van der Waals surface area (Å²) in [7, 11) is 1.83. The third kappa shape index (κ3) is 4.40. The van der Waals surface area contributed by atoms with Crippen LogP contribution in [0.25, 0.3) is 5.69 Å². The van der Waals surface area contributed by atoms with Gasteiger partial charge in [-0.3, -0.25) is 9.48 Å². The number of benzene rings is 3. The molecule has 0 saturated carbocycles. The largest absolute Gasteiger partial charge is 0.423 e. The van der Waals surface area contributed by atoms with Crippen molar-refractivity contribution >= 4 is 29.5 Å². The first kappa shape index (κ1) is 21.3. The van der Waals surface area contributed by atoms with Gasteiger partial charge in [-0.1, -0.05) is 29.8 Å². The molecule has 0 radical (unpaired) electrons. The molecule has 3 aromatic carbocycles. The quantitative estimate of drug-likeness (QED) is 0.243. The summed E-state index contributed by atoms with van der Waals surface area (Å²) in [6.45, 7) is 1.85. The van der Waals surface area contributed by atoms with Crippen LogP contribution in [-0.4, -0.2) is 21.5 Å². The minimum Gasteiger partial charge on any atom is -0.423 e. The van der Waals surface area contributed by atoms with E-state index >= 15 is 0 Å². The molecule has 160 valence electrons. The summed E-state index contributed by atoms with van der Waals surface area (Å²) >= 11 is 5.84. The number of halogens is 1. The highest BCUT2D eigenvalue weighted by Crippen LogP contribution is 2.18. The molecule has 6 nitrogen and oxygen atoms in total. The van der Waals surface area contributed by atoms with Crippen LogP contribution in [0.4, 0.5) is 5.69 Å². The molecule has 0 atom stereocenters. The molecule has 1 aromatic heterocycles. The molecule has 0 saturated heterocycles. The fraction of sp³-hybridized carbons (Fsp3) is 0.0800. The second-order valence-electron chi connectivity index (χ2n) is 7.13. The van der Waals surface area contributed by atoms with Crippen molar-refractivity contribution in [2.45, 2.75) is 6.92 Å². The highest BCUT2D eigenvalue weighted by atomic mass is 35.5. The third-order valence-corrected chi connectivity index (χ3v) is 5.29. The summed E-state index contributed by atoms with van der Waals surface area (Å²) in [5.74, 6) is -0.0612. The van der Waals surface area contributed by atoms with Crippen LogP contribution in [-0.2, 0) is 7.05 Å². The summed E-state index contributed by atoms with van der Waals surface area (Å²) in [5.41, 5.74) is 2.88. The fourth-order valence-electron chi connectivity index (χ4n) is 3.22. The van der Waals surface area contributed by atoms with Crippen LogP contribution < -0.4 is 10.3 Å². The van der Waals surface area contributed by atoms with Crippen molar-refractivity contribution in [3.63, 3.8) is 0 Å². The molecule has 4 rings (SSSR count). The van der Waals surface area contributed by atoms with E-state index in [0.717, 1.165) is 16.9 Å². The third-order valence-electron chi connectivity index (χ3n) is 5.04. The van der Waals surface area contributed by atoms with Crippen LogP contribution in [0.5, 0.6) is 5.75 Å². The smallest absolute Gasteiger partial charge is 0.343 e. The molecule has 0 fully saturated rings. The minimum atomic E-state index is -0.468. The zero-order valence-electron chi connectivity index (χ0n) is 17.5. The fourth-order valence-corrected chi connectivity index (χ4v) is 3.34. The van der Waals surface area contributed by atoms with Gasteiger partial charge in [0.15, 0.2) is 5.69 Å². The molecule has 0 unspecified atom stereocenters. The molecule has 7 heteroatoms. The number of para-hydroxylation sites is 1. The van der Waals surface area contributed by atoms with Crippen molar-refractivity contribution in [2.24, 2.45) is 12.0 Å². The van der Waals surface area contributed by atoms with Gasteiger partial charge in [0.25, 0.3) is 5.56 Å². The molecule has 0 amide bonds. The zero-order chi connectivity index (χ0) is 22.7. The number of esters is 1. The Bertz CT molecular complexity index is 1340. The van der Waals surface area contributed by atoms with Gasteiger partial charge in [0.05, 0.1) is 16.9 Å². The second-order valence-corrected chi connectivity index (χ2v) is 7.57. The molecule has 4 aromatic rings. The minimum absolute atomic E-state index is 0.194. The van der Waals surface area contributed by atoms with E-state index in [2.05, 4.69) is 4.99 Å². The SMILES string of the molecule is Cc1c(N=Cc2ccc(OC(=O)c3ccc(Cl)cc3)cc2)c(=O)n(-c2ccccc2)n1C. The van der Waals surface area contributed by atoms with E-state index in [0.29, 0.717) is 22.0 Å². The van der Waals surface area contributed by atoms with Gasteiger partial charge < -0.3 is 4.74 Å². The van der Waals surface area contributed by atoms with Gasteiger partial charge in [0.2, 0.25) is 0 Å². The van der Waals surface area contributed by atoms with E-state index in [9.17, 15) is 9.59 Å². The van der Waals surface area contributed by atoms with Gasteiger partial charge in [-0.25, -0.2) is 14.5 Å². The molecule has 0 spiro atoms. The Morgan fingerprint density at radius 1 is 0.969 bits per heavy atom. The van der Waals surface area contributed by atoms with Gasteiger partial charge in [-0.2, -0.15) is 0 Å². The number of hydrogen-bond acceptors (Lipinski definition) is 4. The zero-order valence-corrected chi connectivity index (χ0v) is 18.3. The van der Waals surface area contributed by atoms with Crippen LogP contribution in [0.2, 0.25) is 5.02 Å². The number of aromatic nitrogens is 2. The lowest BCUT2D eigenvalue weighted by molar-refractivity contribution is 0.0735. The van der Waals surface area contributed by atoms with E-state index in [1.165, 1.54) is 0 Å². The number of nitrogens with zero attached hydrogens (tertiary/aromatic N) is 3. The molecular weight excluding hydrogens is 426 g/mol. The first-order valence-electron chi connectivity index (χ1n) is 9.90. The van der Waals surface area contributed by atoms with Crippen LogP contribution in [0, 0.1) is 6.92 Å². The molecular formula is C25H20ClN3O3. The van der Waals surface area contributed by atoms with Gasteiger partial charge in [0.1, 0.15) is 5.75 Å². The lowest BCUT2D eigenvalue weighted by atomic mass is 10.2. The molecule has 32 heavy (non-hydrogen) atoms. The monoisotopic (exact) mass is 445 g/mol. The Hall–Kier alpha value is -3.90. The maximum atomic E-state index is 12.9. The van der Waals surface area contributed by atoms with E-state index in [-0.39, 0.29) is 5.56 Å². The molecule has 0 aliphatic heterocycles. The number of carbonyl (C=O) groups is 1. The predicted octanol–water partition coefficient (Wildman–Crippen LogP) is 5.11. The van der Waals surface area contributed by atoms with Crippen molar-refractivity contribution < 1.29 is 9.53 Å². The Balaban J connectivity index is 1.52. The van der Waals surface area contributed by atoms with Gasteiger partial charge in [-0.05, 0) is 73.2 Å². The first-order chi connectivity index (χ1) is 15.4. The molecule has 0 N–H and O–H groups in total. The molecule has 0 aliphatic rings. The Kier molecular flexibility index (Phi) is 6.05. The maximum Gasteiger partial charge on any atom is 0.343 e. The number of aliphatic imine (C=N–C) groups is 1. The number of rotatable bonds is 5. The average Bonchev–Trinajstić information content (AvgIpc) is 3.02. The number of hydrogen-bond donors (Lipinski definition) is 0. The Morgan fingerprint density at radius 2 is 1.62 bits per heavy atom. The highest BCUT2D eigenvalue weighted by Gasteiger charge is 2.15. The summed E-state index contributed by atoms with van der Waals surface area (Å²) < 4.78 is 8.75. The standard InChI is InChI=1S/C25H20ClN3O3/c1-17-23(24(30)29(28(17)2)21-6-4-3-5-7-21)27-16-18-8-14-22(15-9-18)32-25(31)19-10-12-20(26)13-11-19/h3-16H,1-2H3. The van der Waals surface area contributed by atoms with Crippen molar-refractivity contribution in [2.75, 3.05) is 0 Å². The Labute approximate surface area is 190 Å². The maximum absolute atomic E-state index is 12.9. The van der Waals surface area contributed by atoms with Crippen LogP contribution in [0.15, 0.2) is 88.6 Å². The summed E-state index contributed by atoms with van der Waals surface area (Å²) in [6, 6.07) is 22.8. The van der Waals surface area contributed by atoms with Crippen molar-refractivity contribution in [1.29, 1.82) is 0 Å². The Morgan fingerprint density at radius 3 is 2.28 bits per heavy atom. The van der Waals surface area contributed by atoms with Gasteiger partial charge in [-0.15, -0.1) is 0 Å². The molecule has 0 bridgehead atoms. The molecule has 0 aliphatic carbocycles. The molecule has 1 heterocycles. The number of ether oxygens (including phenoxy) is 1. The topological polar surface area (TPSA) is 65.6 Å². The van der Waals surface area contributed by atoms with E-state index < -0.39 is 5.97 Å². The second kappa shape index (κ2) is 9.08. The lowest BCUT2D eigenvalue weighted by Crippen LogP contribution is -2.19. The van der Waals surface area contributed by atoms with Crippen LogP contribution >= 0.6 is 11.6 Å². The predicted molar refractivity (Wildman–Crippen MR) is 126 cm³/mol. The average molecular weight is 446 g/mol. The van der Waals surface area contributed by atoms with E-state index in [1.54, 1.807) is 64.1 Å². The summed E-state index contributed by atoms with van der Waals surface area (Å²) in [5, 5.41) is 0.550. The van der Waals surface area contributed by atoms with Crippen molar-refractivity contribution in [3.05, 3.63) is 111 Å². The van der Waals surface area contributed by atoms with Crippen LogP contribution in [0.3, 0.4) is 0 Å². The van der Waals surface area contributed by atoms with Gasteiger partial charge >= 0.3 is 5.97 Å². The normalized spacial score (nSPS) is 11.1. The van der Waals surface area contributed by atoms with E-state index in [4.69, 9.17) is 16.3 Å². The first-order valence-corrected chi connectivity index (χ1v) is 10.3. The number of carbonyl (C=O) groups excluding carboxylic acids is 1. The van der Waals surface area contributed by atoms with Crippen molar-refractivity contribution in [1.82, 2.24) is 9.36 Å². The van der Waals surface area contributed by atoms with Crippen LogP contribution in [0.1, 0.15) is 21.6 Å². The lowest BCUT2D eigenvalue weighted by Gasteiger charge is -2.07. The highest BCUT2D eigenvalue weighted by molar-refractivity contribution is 6.30.